The van der Waals surface area contributed by atoms with Crippen LogP contribution < -0.4 is 16.6 Å². The number of carbonyl (C=O) groups is 1. The van der Waals surface area contributed by atoms with Crippen LogP contribution in [0.25, 0.3) is 0 Å². The zero-order valence-corrected chi connectivity index (χ0v) is 10.6. The summed E-state index contributed by atoms with van der Waals surface area (Å²) in [6.45, 7) is 1.80. The van der Waals surface area contributed by atoms with E-state index in [9.17, 15) is 4.79 Å². The first-order valence-electron chi connectivity index (χ1n) is 6.26. The van der Waals surface area contributed by atoms with E-state index in [-0.39, 0.29) is 5.91 Å². The lowest BCUT2D eigenvalue weighted by Crippen LogP contribution is -2.38. The molecule has 0 saturated carbocycles. The maximum Gasteiger partial charge on any atom is 0.253 e. The summed E-state index contributed by atoms with van der Waals surface area (Å²) < 4.78 is 0. The van der Waals surface area contributed by atoms with Gasteiger partial charge in [0.25, 0.3) is 5.91 Å². The molecule has 1 aromatic carbocycles. The smallest absolute Gasteiger partial charge is 0.253 e. The molecule has 0 aromatic heterocycles. The van der Waals surface area contributed by atoms with Crippen LogP contribution in [0.2, 0.25) is 0 Å². The highest BCUT2D eigenvalue weighted by atomic mass is 16.1. The van der Waals surface area contributed by atoms with E-state index < -0.39 is 0 Å². The first-order chi connectivity index (χ1) is 8.72. The molecule has 0 aliphatic carbocycles. The van der Waals surface area contributed by atoms with Crippen molar-refractivity contribution in [1.29, 1.82) is 0 Å². The number of rotatable bonds is 4. The first-order valence-corrected chi connectivity index (χ1v) is 6.26. The van der Waals surface area contributed by atoms with Crippen molar-refractivity contribution in [3.05, 3.63) is 29.8 Å². The van der Waals surface area contributed by atoms with Crippen LogP contribution >= 0.6 is 0 Å². The number of hydrazine groups is 1. The lowest BCUT2D eigenvalue weighted by molar-refractivity contribution is 0.0944. The molecule has 1 unspecified atom stereocenters. The minimum atomic E-state index is -0.0798. The number of benzene rings is 1. The Balaban J connectivity index is 1.95. The van der Waals surface area contributed by atoms with E-state index in [1.54, 1.807) is 12.1 Å². The van der Waals surface area contributed by atoms with E-state index in [0.717, 1.165) is 13.0 Å². The zero-order chi connectivity index (χ0) is 13.0. The fraction of sp³-hybridized carbons (Fsp3) is 0.462. The number of nitrogen functional groups attached to an aromatic ring is 1. The Bertz CT molecular complexity index is 421. The SMILES string of the molecule is CN1CCCC1CNC(=O)c1ccccc1NN. The molecule has 1 aromatic rings. The Morgan fingerprint density at radius 2 is 2.28 bits per heavy atom. The molecule has 2 rings (SSSR count). The minimum absolute atomic E-state index is 0.0798. The van der Waals surface area contributed by atoms with Crippen LogP contribution in [0.1, 0.15) is 23.2 Å². The second kappa shape index (κ2) is 5.84. The van der Waals surface area contributed by atoms with E-state index in [1.165, 1.54) is 6.42 Å². The fourth-order valence-electron chi connectivity index (χ4n) is 2.35. The van der Waals surface area contributed by atoms with Crippen molar-refractivity contribution in [1.82, 2.24) is 10.2 Å². The molecule has 0 radical (unpaired) electrons. The van der Waals surface area contributed by atoms with Gasteiger partial charge in [-0.3, -0.25) is 10.6 Å². The Morgan fingerprint density at radius 1 is 1.50 bits per heavy atom. The van der Waals surface area contributed by atoms with Crippen molar-refractivity contribution in [2.45, 2.75) is 18.9 Å². The standard InChI is InChI=1S/C13H20N4O/c1-17-8-4-5-10(17)9-15-13(18)11-6-2-3-7-12(11)16-14/h2-3,6-7,10,16H,4-5,8-9,14H2,1H3,(H,15,18). The molecule has 5 nitrogen and oxygen atoms in total. The molecule has 4 N–H and O–H groups in total. The van der Waals surface area contributed by atoms with Gasteiger partial charge in [-0.1, -0.05) is 12.1 Å². The van der Waals surface area contributed by atoms with E-state index >= 15 is 0 Å². The minimum Gasteiger partial charge on any atom is -0.350 e. The molecule has 0 bridgehead atoms. The van der Waals surface area contributed by atoms with Gasteiger partial charge in [0.1, 0.15) is 0 Å². The van der Waals surface area contributed by atoms with E-state index in [4.69, 9.17) is 5.84 Å². The summed E-state index contributed by atoms with van der Waals surface area (Å²) in [6.07, 6.45) is 2.35. The lowest BCUT2D eigenvalue weighted by Gasteiger charge is -2.20. The molecule has 1 atom stereocenters. The molecule has 98 valence electrons. The Kier molecular flexibility index (Phi) is 4.17. The van der Waals surface area contributed by atoms with Crippen molar-refractivity contribution in [3.63, 3.8) is 0 Å². The average Bonchev–Trinajstić information content (AvgIpc) is 2.81. The highest BCUT2D eigenvalue weighted by Crippen LogP contribution is 2.15. The van der Waals surface area contributed by atoms with E-state index in [0.29, 0.717) is 23.8 Å². The van der Waals surface area contributed by atoms with Gasteiger partial charge in [0.05, 0.1) is 11.3 Å². The predicted octanol–water partition coefficient (Wildman–Crippen LogP) is 0.796. The normalized spacial score (nSPS) is 19.8. The third-order valence-corrected chi connectivity index (χ3v) is 3.50. The maximum atomic E-state index is 12.1. The summed E-state index contributed by atoms with van der Waals surface area (Å²) in [5.41, 5.74) is 3.77. The Morgan fingerprint density at radius 3 is 2.94 bits per heavy atom. The number of nitrogens with two attached hydrogens (primary N) is 1. The van der Waals surface area contributed by atoms with Gasteiger partial charge in [0, 0.05) is 12.6 Å². The first kappa shape index (κ1) is 12.9. The van der Waals surface area contributed by atoms with E-state index in [2.05, 4.69) is 22.7 Å². The second-order valence-electron chi connectivity index (χ2n) is 4.68. The monoisotopic (exact) mass is 248 g/mol. The number of hydrogen-bond donors (Lipinski definition) is 3. The average molecular weight is 248 g/mol. The quantitative estimate of drug-likeness (QED) is 0.544. The van der Waals surface area contributed by atoms with Crippen LogP contribution in [0, 0.1) is 0 Å². The van der Waals surface area contributed by atoms with Crippen molar-refractivity contribution in [2.75, 3.05) is 25.6 Å². The second-order valence-corrected chi connectivity index (χ2v) is 4.68. The highest BCUT2D eigenvalue weighted by Gasteiger charge is 2.21. The predicted molar refractivity (Wildman–Crippen MR) is 72.2 cm³/mol. The Labute approximate surface area is 107 Å². The number of para-hydroxylation sites is 1. The third-order valence-electron chi connectivity index (χ3n) is 3.50. The number of nitrogens with zero attached hydrogens (tertiary/aromatic N) is 1. The number of anilines is 1. The summed E-state index contributed by atoms with van der Waals surface area (Å²) in [4.78, 5) is 14.3. The van der Waals surface area contributed by atoms with Gasteiger partial charge in [0.15, 0.2) is 0 Å². The van der Waals surface area contributed by atoms with Crippen molar-refractivity contribution >= 4 is 11.6 Å². The summed E-state index contributed by atoms with van der Waals surface area (Å²) in [6, 6.07) is 7.68. The zero-order valence-electron chi connectivity index (χ0n) is 10.6. The molecular weight excluding hydrogens is 228 g/mol. The molecule has 18 heavy (non-hydrogen) atoms. The largest absolute Gasteiger partial charge is 0.350 e. The number of hydrogen-bond acceptors (Lipinski definition) is 4. The summed E-state index contributed by atoms with van der Waals surface area (Å²) >= 11 is 0. The molecule has 1 amide bonds. The van der Waals surface area contributed by atoms with Gasteiger partial charge in [-0.15, -0.1) is 0 Å². The van der Waals surface area contributed by atoms with Crippen molar-refractivity contribution < 1.29 is 4.79 Å². The number of likely N-dealkylation sites (tertiary alicyclic amines) is 1. The van der Waals surface area contributed by atoms with E-state index in [1.807, 2.05) is 12.1 Å². The molecule has 1 fully saturated rings. The third kappa shape index (κ3) is 2.80. The van der Waals surface area contributed by atoms with Crippen molar-refractivity contribution in [2.24, 2.45) is 5.84 Å². The molecular formula is C13H20N4O. The summed E-state index contributed by atoms with van der Waals surface area (Å²) in [5, 5.41) is 2.97. The van der Waals surface area contributed by atoms with Crippen LogP contribution in [-0.4, -0.2) is 37.0 Å². The molecule has 0 spiro atoms. The fourth-order valence-corrected chi connectivity index (χ4v) is 2.35. The highest BCUT2D eigenvalue weighted by molar-refractivity contribution is 5.99. The summed E-state index contributed by atoms with van der Waals surface area (Å²) in [7, 11) is 2.10. The van der Waals surface area contributed by atoms with Crippen LogP contribution in [0.5, 0.6) is 0 Å². The lowest BCUT2D eigenvalue weighted by atomic mass is 10.1. The van der Waals surface area contributed by atoms with Gasteiger partial charge in [-0.25, -0.2) is 0 Å². The number of carbonyl (C=O) groups excluding carboxylic acids is 1. The van der Waals surface area contributed by atoms with Crippen LogP contribution in [0.4, 0.5) is 5.69 Å². The van der Waals surface area contributed by atoms with Gasteiger partial charge >= 0.3 is 0 Å². The molecule has 1 saturated heterocycles. The number of amides is 1. The van der Waals surface area contributed by atoms with Crippen LogP contribution in [0.3, 0.4) is 0 Å². The molecule has 1 heterocycles. The van der Waals surface area contributed by atoms with Crippen molar-refractivity contribution in [3.8, 4) is 0 Å². The number of likely N-dealkylation sites (N-methyl/N-ethyl adjacent to an activating group) is 1. The van der Waals surface area contributed by atoms with Gasteiger partial charge in [-0.2, -0.15) is 0 Å². The Hall–Kier alpha value is -1.59. The van der Waals surface area contributed by atoms with Gasteiger partial charge < -0.3 is 15.6 Å². The van der Waals surface area contributed by atoms with Crippen LogP contribution in [-0.2, 0) is 0 Å². The molecule has 1 aliphatic heterocycles. The topological polar surface area (TPSA) is 70.4 Å². The number of nitrogens with one attached hydrogen (secondary N) is 2. The molecule has 1 aliphatic rings. The van der Waals surface area contributed by atoms with Gasteiger partial charge in [-0.05, 0) is 38.6 Å². The van der Waals surface area contributed by atoms with Crippen LogP contribution in [0.15, 0.2) is 24.3 Å². The summed E-state index contributed by atoms with van der Waals surface area (Å²) in [5.74, 6) is 5.31. The molecule has 5 heteroatoms. The van der Waals surface area contributed by atoms with Gasteiger partial charge in [0.2, 0.25) is 0 Å². The maximum absolute atomic E-state index is 12.1.